The van der Waals surface area contributed by atoms with Gasteiger partial charge in [-0.2, -0.15) is 0 Å². The number of piperidine rings is 1. The van der Waals surface area contributed by atoms with Crippen molar-refractivity contribution in [1.82, 2.24) is 4.90 Å². The van der Waals surface area contributed by atoms with Gasteiger partial charge in [0.15, 0.2) is 0 Å². The fourth-order valence-electron chi connectivity index (χ4n) is 3.54. The number of Topliss-reactive ketones (excluding diaryl/α,β-unsaturated/α-hetero) is 1. The number of rotatable bonds is 3. The molecule has 1 aliphatic carbocycles. The second kappa shape index (κ2) is 5.70. The van der Waals surface area contributed by atoms with Gasteiger partial charge in [0.25, 0.3) is 0 Å². The maximum atomic E-state index is 12.0. The van der Waals surface area contributed by atoms with Crippen molar-refractivity contribution in [1.29, 1.82) is 0 Å². The predicted octanol–water partition coefficient (Wildman–Crippen LogP) is 2.23. The lowest BCUT2D eigenvalue weighted by Crippen LogP contribution is -2.48. The van der Waals surface area contributed by atoms with Crippen molar-refractivity contribution < 1.29 is 9.90 Å². The van der Waals surface area contributed by atoms with E-state index >= 15 is 0 Å². The van der Waals surface area contributed by atoms with Gasteiger partial charge in [0.1, 0.15) is 5.78 Å². The number of ketones is 1. The van der Waals surface area contributed by atoms with Gasteiger partial charge in [0, 0.05) is 25.4 Å². The van der Waals surface area contributed by atoms with E-state index in [9.17, 15) is 9.90 Å². The Bertz CT molecular complexity index is 301. The first-order chi connectivity index (χ1) is 8.50. The summed E-state index contributed by atoms with van der Waals surface area (Å²) in [5, 5.41) is 10.1. The molecule has 0 spiro atoms. The van der Waals surface area contributed by atoms with Crippen LogP contribution in [-0.4, -0.2) is 41.0 Å². The standard InChI is InChI=1S/C15H27NO2/c1-3-12-5-6-14(17)13(9-12)10-16-8-4-7-15(2,18)11-16/h12-13,18H,3-11H2,1-2H3. The quantitative estimate of drug-likeness (QED) is 0.838. The average molecular weight is 253 g/mol. The van der Waals surface area contributed by atoms with Crippen LogP contribution in [-0.2, 0) is 4.79 Å². The monoisotopic (exact) mass is 253 g/mol. The molecular weight excluding hydrogens is 226 g/mol. The molecule has 3 atom stereocenters. The van der Waals surface area contributed by atoms with Gasteiger partial charge in [-0.25, -0.2) is 0 Å². The number of nitrogens with zero attached hydrogens (tertiary/aromatic N) is 1. The van der Waals surface area contributed by atoms with Crippen LogP contribution in [0.2, 0.25) is 0 Å². The first-order valence-electron chi connectivity index (χ1n) is 7.47. The molecule has 0 aromatic rings. The molecule has 3 heteroatoms. The van der Waals surface area contributed by atoms with Crippen LogP contribution in [0.5, 0.6) is 0 Å². The Balaban J connectivity index is 1.89. The Labute approximate surface area is 111 Å². The molecule has 2 fully saturated rings. The Morgan fingerprint density at radius 3 is 2.94 bits per heavy atom. The highest BCUT2D eigenvalue weighted by Crippen LogP contribution is 2.30. The van der Waals surface area contributed by atoms with Crippen LogP contribution >= 0.6 is 0 Å². The third kappa shape index (κ3) is 3.55. The molecule has 18 heavy (non-hydrogen) atoms. The van der Waals surface area contributed by atoms with Crippen molar-refractivity contribution in [2.75, 3.05) is 19.6 Å². The SMILES string of the molecule is CCC1CCC(=O)C(CN2CCCC(C)(O)C2)C1. The molecule has 0 amide bonds. The molecule has 3 unspecified atom stereocenters. The summed E-state index contributed by atoms with van der Waals surface area (Å²) in [7, 11) is 0. The smallest absolute Gasteiger partial charge is 0.137 e. The molecule has 1 saturated carbocycles. The number of carbonyl (C=O) groups excluding carboxylic acids is 1. The molecule has 1 heterocycles. The van der Waals surface area contributed by atoms with Crippen molar-refractivity contribution in [3.05, 3.63) is 0 Å². The second-order valence-corrected chi connectivity index (χ2v) is 6.55. The normalized spacial score (nSPS) is 38.9. The Kier molecular flexibility index (Phi) is 4.44. The van der Waals surface area contributed by atoms with E-state index in [1.807, 2.05) is 6.92 Å². The van der Waals surface area contributed by atoms with E-state index in [2.05, 4.69) is 11.8 Å². The Hall–Kier alpha value is -0.410. The van der Waals surface area contributed by atoms with Gasteiger partial charge in [-0.05, 0) is 45.1 Å². The van der Waals surface area contributed by atoms with E-state index in [1.54, 1.807) is 0 Å². The molecule has 104 valence electrons. The molecule has 0 radical (unpaired) electrons. The largest absolute Gasteiger partial charge is 0.389 e. The number of hydrogen-bond acceptors (Lipinski definition) is 3. The number of likely N-dealkylation sites (tertiary alicyclic amines) is 1. The topological polar surface area (TPSA) is 40.5 Å². The maximum absolute atomic E-state index is 12.0. The van der Waals surface area contributed by atoms with Crippen molar-refractivity contribution in [2.24, 2.45) is 11.8 Å². The van der Waals surface area contributed by atoms with Gasteiger partial charge in [-0.3, -0.25) is 9.69 Å². The fourth-order valence-corrected chi connectivity index (χ4v) is 3.54. The molecule has 1 saturated heterocycles. The molecule has 0 bridgehead atoms. The first-order valence-corrected chi connectivity index (χ1v) is 7.47. The fraction of sp³-hybridized carbons (Fsp3) is 0.933. The lowest BCUT2D eigenvalue weighted by atomic mass is 9.78. The Morgan fingerprint density at radius 1 is 1.50 bits per heavy atom. The van der Waals surface area contributed by atoms with Crippen LogP contribution in [0.3, 0.4) is 0 Å². The highest BCUT2D eigenvalue weighted by atomic mass is 16.3. The minimum atomic E-state index is -0.555. The number of β-amino-alcohol motifs (C(OH)–C–C–N with tert-alkyl or cyclic N) is 1. The van der Waals surface area contributed by atoms with Crippen molar-refractivity contribution in [2.45, 2.75) is 58.0 Å². The molecule has 0 aromatic heterocycles. The zero-order valence-corrected chi connectivity index (χ0v) is 11.8. The van der Waals surface area contributed by atoms with Gasteiger partial charge in [0.05, 0.1) is 5.60 Å². The van der Waals surface area contributed by atoms with Crippen molar-refractivity contribution in [3.8, 4) is 0 Å². The molecule has 0 aromatic carbocycles. The summed E-state index contributed by atoms with van der Waals surface area (Å²) in [6.45, 7) is 6.77. The van der Waals surface area contributed by atoms with E-state index < -0.39 is 5.60 Å². The molecule has 2 rings (SSSR count). The van der Waals surface area contributed by atoms with Gasteiger partial charge in [-0.1, -0.05) is 13.3 Å². The zero-order valence-electron chi connectivity index (χ0n) is 11.8. The molecular formula is C15H27NO2. The van der Waals surface area contributed by atoms with Crippen LogP contribution in [0, 0.1) is 11.8 Å². The van der Waals surface area contributed by atoms with E-state index in [0.29, 0.717) is 5.78 Å². The summed E-state index contributed by atoms with van der Waals surface area (Å²) in [5.41, 5.74) is -0.555. The summed E-state index contributed by atoms with van der Waals surface area (Å²) in [5.74, 6) is 1.40. The van der Waals surface area contributed by atoms with Gasteiger partial charge >= 0.3 is 0 Å². The molecule has 1 N–H and O–H groups in total. The average Bonchev–Trinajstić information content (AvgIpc) is 2.31. The van der Waals surface area contributed by atoms with Crippen LogP contribution in [0.4, 0.5) is 0 Å². The third-order valence-corrected chi connectivity index (χ3v) is 4.68. The number of aliphatic hydroxyl groups is 1. The second-order valence-electron chi connectivity index (χ2n) is 6.55. The summed E-state index contributed by atoms with van der Waals surface area (Å²) < 4.78 is 0. The number of hydrogen-bond donors (Lipinski definition) is 1. The summed E-state index contributed by atoms with van der Waals surface area (Å²) in [4.78, 5) is 14.3. The van der Waals surface area contributed by atoms with Gasteiger partial charge in [-0.15, -0.1) is 0 Å². The maximum Gasteiger partial charge on any atom is 0.137 e. The van der Waals surface area contributed by atoms with Crippen LogP contribution in [0.25, 0.3) is 0 Å². The van der Waals surface area contributed by atoms with Gasteiger partial charge < -0.3 is 5.11 Å². The zero-order chi connectivity index (χ0) is 13.2. The van der Waals surface area contributed by atoms with E-state index in [0.717, 1.165) is 57.7 Å². The van der Waals surface area contributed by atoms with E-state index in [1.165, 1.54) is 6.42 Å². The molecule has 3 nitrogen and oxygen atoms in total. The van der Waals surface area contributed by atoms with Crippen molar-refractivity contribution in [3.63, 3.8) is 0 Å². The molecule has 2 aliphatic rings. The van der Waals surface area contributed by atoms with Gasteiger partial charge in [0.2, 0.25) is 0 Å². The summed E-state index contributed by atoms with van der Waals surface area (Å²) in [6, 6.07) is 0. The summed E-state index contributed by atoms with van der Waals surface area (Å²) >= 11 is 0. The minimum Gasteiger partial charge on any atom is -0.389 e. The lowest BCUT2D eigenvalue weighted by Gasteiger charge is -2.39. The number of carbonyl (C=O) groups is 1. The minimum absolute atomic E-state index is 0.220. The lowest BCUT2D eigenvalue weighted by molar-refractivity contribution is -0.127. The highest BCUT2D eigenvalue weighted by molar-refractivity contribution is 5.81. The van der Waals surface area contributed by atoms with Crippen molar-refractivity contribution >= 4 is 5.78 Å². The van der Waals surface area contributed by atoms with Crippen LogP contribution < -0.4 is 0 Å². The van der Waals surface area contributed by atoms with E-state index in [-0.39, 0.29) is 5.92 Å². The predicted molar refractivity (Wildman–Crippen MR) is 72.4 cm³/mol. The highest BCUT2D eigenvalue weighted by Gasteiger charge is 2.33. The molecule has 1 aliphatic heterocycles. The third-order valence-electron chi connectivity index (χ3n) is 4.68. The Morgan fingerprint density at radius 2 is 2.28 bits per heavy atom. The van der Waals surface area contributed by atoms with Crippen LogP contribution in [0.1, 0.15) is 52.4 Å². The summed E-state index contributed by atoms with van der Waals surface area (Å²) in [6.07, 6.45) is 6.05. The van der Waals surface area contributed by atoms with E-state index in [4.69, 9.17) is 0 Å². The first kappa shape index (κ1) is 14.0. The van der Waals surface area contributed by atoms with Crippen LogP contribution in [0.15, 0.2) is 0 Å².